The molecule has 0 aromatic carbocycles. The van der Waals surface area contributed by atoms with E-state index in [1.165, 1.54) is 6.39 Å². The van der Waals surface area contributed by atoms with Crippen molar-refractivity contribution in [2.75, 3.05) is 0 Å². The molecule has 0 N–H and O–H groups in total. The highest BCUT2D eigenvalue weighted by molar-refractivity contribution is 5.58. The average molecular weight is 204 g/mol. The molecule has 0 spiro atoms. The van der Waals surface area contributed by atoms with Crippen molar-refractivity contribution in [2.45, 2.75) is 20.0 Å². The highest BCUT2D eigenvalue weighted by Crippen LogP contribution is 2.21. The van der Waals surface area contributed by atoms with Gasteiger partial charge in [0.05, 0.1) is 12.3 Å². The van der Waals surface area contributed by atoms with E-state index in [9.17, 15) is 0 Å². The molecule has 0 aliphatic heterocycles. The molecular formula is C11H12N2O2. The molecule has 0 fully saturated rings. The van der Waals surface area contributed by atoms with Crippen molar-refractivity contribution < 1.29 is 9.15 Å². The molecule has 4 nitrogen and oxygen atoms in total. The Morgan fingerprint density at radius 1 is 1.33 bits per heavy atom. The molecule has 2 aromatic heterocycles. The molecule has 78 valence electrons. The van der Waals surface area contributed by atoms with Gasteiger partial charge >= 0.3 is 0 Å². The molecule has 0 radical (unpaired) electrons. The Labute approximate surface area is 87.9 Å². The quantitative estimate of drug-likeness (QED) is 0.770. The first kappa shape index (κ1) is 9.71. The smallest absolute Gasteiger partial charge is 0.181 e. The third-order valence-corrected chi connectivity index (χ3v) is 1.81. The zero-order valence-corrected chi connectivity index (χ0v) is 8.68. The number of nitrogens with zero attached hydrogens (tertiary/aromatic N) is 2. The van der Waals surface area contributed by atoms with E-state index >= 15 is 0 Å². The summed E-state index contributed by atoms with van der Waals surface area (Å²) in [6, 6.07) is 1.89. The molecular weight excluding hydrogens is 192 g/mol. The third kappa shape index (κ3) is 2.34. The highest BCUT2D eigenvalue weighted by atomic mass is 16.5. The van der Waals surface area contributed by atoms with Gasteiger partial charge < -0.3 is 9.15 Å². The van der Waals surface area contributed by atoms with Crippen LogP contribution < -0.4 is 4.74 Å². The molecule has 0 bridgehead atoms. The number of oxazole rings is 1. The summed E-state index contributed by atoms with van der Waals surface area (Å²) in [7, 11) is 0. The Balaban J connectivity index is 2.27. The first-order valence-corrected chi connectivity index (χ1v) is 4.76. The van der Waals surface area contributed by atoms with Crippen molar-refractivity contribution in [3.63, 3.8) is 0 Å². The van der Waals surface area contributed by atoms with Gasteiger partial charge in [-0.1, -0.05) is 0 Å². The molecule has 0 aliphatic carbocycles. The van der Waals surface area contributed by atoms with Crippen LogP contribution in [-0.2, 0) is 0 Å². The minimum absolute atomic E-state index is 0.138. The van der Waals surface area contributed by atoms with Crippen LogP contribution in [0.4, 0.5) is 0 Å². The van der Waals surface area contributed by atoms with Crippen molar-refractivity contribution in [3.8, 4) is 17.0 Å². The van der Waals surface area contributed by atoms with Gasteiger partial charge in [0.25, 0.3) is 0 Å². The van der Waals surface area contributed by atoms with Crippen molar-refractivity contribution in [1.82, 2.24) is 9.97 Å². The van der Waals surface area contributed by atoms with Crippen LogP contribution in [-0.4, -0.2) is 16.1 Å². The normalized spacial score (nSPS) is 10.6. The lowest BCUT2D eigenvalue weighted by atomic mass is 10.2. The highest BCUT2D eigenvalue weighted by Gasteiger charge is 2.04. The fourth-order valence-corrected chi connectivity index (χ4v) is 1.25. The summed E-state index contributed by atoms with van der Waals surface area (Å²) < 4.78 is 10.4. The van der Waals surface area contributed by atoms with Crippen LogP contribution in [0.1, 0.15) is 13.8 Å². The maximum atomic E-state index is 5.53. The predicted octanol–water partition coefficient (Wildman–Crippen LogP) is 2.52. The van der Waals surface area contributed by atoms with Gasteiger partial charge in [-0.3, -0.25) is 4.98 Å². The number of hydrogen-bond acceptors (Lipinski definition) is 4. The van der Waals surface area contributed by atoms with E-state index in [4.69, 9.17) is 9.15 Å². The minimum atomic E-state index is 0.138. The van der Waals surface area contributed by atoms with E-state index in [0.29, 0.717) is 0 Å². The Hall–Kier alpha value is -1.84. The fourth-order valence-electron chi connectivity index (χ4n) is 1.25. The molecule has 2 aromatic rings. The van der Waals surface area contributed by atoms with Gasteiger partial charge in [-0.2, -0.15) is 0 Å². The van der Waals surface area contributed by atoms with Crippen LogP contribution in [0.25, 0.3) is 11.3 Å². The van der Waals surface area contributed by atoms with E-state index in [1.807, 2.05) is 19.9 Å². The fraction of sp³-hybridized carbons (Fsp3) is 0.273. The molecule has 2 heterocycles. The number of pyridine rings is 1. The predicted molar refractivity (Wildman–Crippen MR) is 55.5 cm³/mol. The number of rotatable bonds is 3. The van der Waals surface area contributed by atoms with E-state index in [0.717, 1.165) is 17.0 Å². The van der Waals surface area contributed by atoms with E-state index in [2.05, 4.69) is 9.97 Å². The number of hydrogen-bond donors (Lipinski definition) is 0. The summed E-state index contributed by atoms with van der Waals surface area (Å²) >= 11 is 0. The average Bonchev–Trinajstić information content (AvgIpc) is 2.69. The summed E-state index contributed by atoms with van der Waals surface area (Å²) in [5.41, 5.74) is 1.65. The van der Waals surface area contributed by atoms with Gasteiger partial charge in [-0.15, -0.1) is 0 Å². The van der Waals surface area contributed by atoms with Gasteiger partial charge in [0.2, 0.25) is 0 Å². The molecule has 15 heavy (non-hydrogen) atoms. The number of ether oxygens (including phenoxy) is 1. The minimum Gasteiger partial charge on any atom is -0.489 e. The van der Waals surface area contributed by atoms with Gasteiger partial charge in [0, 0.05) is 11.8 Å². The van der Waals surface area contributed by atoms with Crippen LogP contribution in [0.3, 0.4) is 0 Å². The second-order valence-corrected chi connectivity index (χ2v) is 3.45. The SMILES string of the molecule is CC(C)Oc1cncc(-c2cocn2)c1. The Bertz CT molecular complexity index is 424. The molecule has 0 atom stereocenters. The van der Waals surface area contributed by atoms with Crippen LogP contribution in [0, 0.1) is 0 Å². The van der Waals surface area contributed by atoms with Gasteiger partial charge in [-0.25, -0.2) is 4.98 Å². The standard InChI is InChI=1S/C11H12N2O2/c1-8(2)15-10-3-9(4-12-5-10)11-6-14-7-13-11/h3-8H,1-2H3. The van der Waals surface area contributed by atoms with Crippen LogP contribution in [0.2, 0.25) is 0 Å². The summed E-state index contributed by atoms with van der Waals surface area (Å²) in [5, 5.41) is 0. The summed E-state index contributed by atoms with van der Waals surface area (Å²) in [6.07, 6.45) is 6.52. The van der Waals surface area contributed by atoms with E-state index < -0.39 is 0 Å². The first-order chi connectivity index (χ1) is 7.25. The molecule has 0 aliphatic rings. The summed E-state index contributed by atoms with van der Waals surface area (Å²) in [5.74, 6) is 0.741. The Morgan fingerprint density at radius 2 is 2.20 bits per heavy atom. The molecule has 4 heteroatoms. The largest absolute Gasteiger partial charge is 0.489 e. The van der Waals surface area contributed by atoms with Crippen molar-refractivity contribution >= 4 is 0 Å². The zero-order chi connectivity index (χ0) is 10.7. The maximum absolute atomic E-state index is 5.53. The number of aromatic nitrogens is 2. The summed E-state index contributed by atoms with van der Waals surface area (Å²) in [6.45, 7) is 3.95. The maximum Gasteiger partial charge on any atom is 0.181 e. The van der Waals surface area contributed by atoms with Crippen LogP contribution in [0.15, 0.2) is 35.5 Å². The van der Waals surface area contributed by atoms with E-state index in [1.54, 1.807) is 18.7 Å². The second-order valence-electron chi connectivity index (χ2n) is 3.45. The first-order valence-electron chi connectivity index (χ1n) is 4.76. The van der Waals surface area contributed by atoms with Gasteiger partial charge in [-0.05, 0) is 19.9 Å². The zero-order valence-electron chi connectivity index (χ0n) is 8.68. The lowest BCUT2D eigenvalue weighted by Crippen LogP contribution is -2.05. The molecule has 0 amide bonds. The molecule has 0 saturated heterocycles. The Kier molecular flexibility index (Phi) is 2.67. The monoisotopic (exact) mass is 204 g/mol. The third-order valence-electron chi connectivity index (χ3n) is 1.81. The second kappa shape index (κ2) is 4.13. The molecule has 2 rings (SSSR count). The van der Waals surface area contributed by atoms with Crippen molar-refractivity contribution in [2.24, 2.45) is 0 Å². The van der Waals surface area contributed by atoms with Gasteiger partial charge in [0.15, 0.2) is 6.39 Å². The topological polar surface area (TPSA) is 48.2 Å². The lowest BCUT2D eigenvalue weighted by Gasteiger charge is -2.09. The van der Waals surface area contributed by atoms with Crippen LogP contribution in [0.5, 0.6) is 5.75 Å². The van der Waals surface area contributed by atoms with Crippen molar-refractivity contribution in [3.05, 3.63) is 31.1 Å². The van der Waals surface area contributed by atoms with E-state index in [-0.39, 0.29) is 6.10 Å². The lowest BCUT2D eigenvalue weighted by molar-refractivity contribution is 0.241. The summed E-state index contributed by atoms with van der Waals surface area (Å²) in [4.78, 5) is 8.13. The van der Waals surface area contributed by atoms with Crippen LogP contribution >= 0.6 is 0 Å². The van der Waals surface area contributed by atoms with Crippen molar-refractivity contribution in [1.29, 1.82) is 0 Å². The Morgan fingerprint density at radius 3 is 2.87 bits per heavy atom. The molecule has 0 saturated carbocycles. The van der Waals surface area contributed by atoms with Gasteiger partial charge in [0.1, 0.15) is 17.7 Å². The molecule has 0 unspecified atom stereocenters.